The van der Waals surface area contributed by atoms with Gasteiger partial charge >= 0.3 is 0 Å². The molecule has 23 heavy (non-hydrogen) atoms. The molecule has 0 heterocycles. The predicted octanol–water partition coefficient (Wildman–Crippen LogP) is 5.34. The van der Waals surface area contributed by atoms with E-state index < -0.39 is 0 Å². The highest BCUT2D eigenvalue weighted by molar-refractivity contribution is 7.72. The molecule has 0 aliphatic carbocycles. The molecule has 0 saturated carbocycles. The smallest absolute Gasteiger partial charge is 0.00984 e. The Morgan fingerprint density at radius 2 is 1.26 bits per heavy atom. The van der Waals surface area contributed by atoms with Gasteiger partial charge in [-0.3, -0.25) is 0 Å². The predicted molar refractivity (Wildman–Crippen MR) is 105 cm³/mol. The first-order chi connectivity index (χ1) is 11.1. The first-order valence-corrected chi connectivity index (χ1v) is 9.83. The molecule has 3 aromatic carbocycles. The van der Waals surface area contributed by atoms with E-state index in [-0.39, 0.29) is 7.92 Å². The van der Waals surface area contributed by atoms with Crippen LogP contribution in [0.25, 0.3) is 11.1 Å². The number of rotatable bonds is 3. The third kappa shape index (κ3) is 3.23. The quantitative estimate of drug-likeness (QED) is 0.572. The minimum Gasteiger partial charge on any atom is -0.0622 e. The summed E-state index contributed by atoms with van der Waals surface area (Å²) in [5.41, 5.74) is 6.86. The molecule has 1 unspecified atom stereocenters. The first-order valence-electron chi connectivity index (χ1n) is 8.04. The molecule has 0 amide bonds. The molecule has 0 aromatic heterocycles. The maximum absolute atomic E-state index is 2.36. The molecule has 0 radical (unpaired) electrons. The number of hydrogen-bond donors (Lipinski definition) is 0. The van der Waals surface area contributed by atoms with Crippen molar-refractivity contribution in [3.63, 3.8) is 0 Å². The van der Waals surface area contributed by atoms with Gasteiger partial charge in [0, 0.05) is 0 Å². The second kappa shape index (κ2) is 6.69. The Bertz CT molecular complexity index is 795. The van der Waals surface area contributed by atoms with Crippen LogP contribution in [0.5, 0.6) is 0 Å². The van der Waals surface area contributed by atoms with Gasteiger partial charge in [0.25, 0.3) is 0 Å². The normalized spacial score (nSPS) is 12.2. The van der Waals surface area contributed by atoms with E-state index in [1.54, 1.807) is 0 Å². The van der Waals surface area contributed by atoms with E-state index in [1.807, 2.05) is 0 Å². The average Bonchev–Trinajstić information content (AvgIpc) is 2.54. The van der Waals surface area contributed by atoms with E-state index in [2.05, 4.69) is 94.2 Å². The summed E-state index contributed by atoms with van der Waals surface area (Å²) in [6.07, 6.45) is 0. The summed E-state index contributed by atoms with van der Waals surface area (Å²) in [5.74, 6) is 0. The van der Waals surface area contributed by atoms with E-state index in [0.717, 1.165) is 0 Å². The van der Waals surface area contributed by atoms with Gasteiger partial charge in [-0.05, 0) is 68.2 Å². The zero-order valence-corrected chi connectivity index (χ0v) is 15.2. The van der Waals surface area contributed by atoms with E-state index >= 15 is 0 Å². The van der Waals surface area contributed by atoms with Gasteiger partial charge < -0.3 is 0 Å². The molecule has 0 N–H and O–H groups in total. The van der Waals surface area contributed by atoms with Crippen molar-refractivity contribution < 1.29 is 0 Å². The lowest BCUT2D eigenvalue weighted by atomic mass is 9.94. The van der Waals surface area contributed by atoms with Crippen LogP contribution in [0.3, 0.4) is 0 Å². The molecule has 0 aliphatic rings. The van der Waals surface area contributed by atoms with Crippen LogP contribution in [0.4, 0.5) is 0 Å². The largest absolute Gasteiger partial charge is 0.0622 e. The zero-order valence-electron chi connectivity index (χ0n) is 14.3. The lowest BCUT2D eigenvalue weighted by molar-refractivity contribution is 1.32. The molecular weight excluding hydrogens is 295 g/mol. The van der Waals surface area contributed by atoms with Gasteiger partial charge in [-0.2, -0.15) is 0 Å². The fourth-order valence-corrected chi connectivity index (χ4v) is 5.13. The lowest BCUT2D eigenvalue weighted by Crippen LogP contribution is -2.13. The van der Waals surface area contributed by atoms with Crippen molar-refractivity contribution in [3.05, 3.63) is 83.4 Å². The van der Waals surface area contributed by atoms with Crippen LogP contribution >= 0.6 is 7.92 Å². The summed E-state index contributed by atoms with van der Waals surface area (Å²) in [6.45, 7) is 8.99. The van der Waals surface area contributed by atoms with Crippen molar-refractivity contribution in [1.29, 1.82) is 0 Å². The molecule has 3 aromatic rings. The first kappa shape index (κ1) is 16.0. The third-order valence-electron chi connectivity index (χ3n) is 4.36. The van der Waals surface area contributed by atoms with Gasteiger partial charge in [0.2, 0.25) is 0 Å². The van der Waals surface area contributed by atoms with Crippen LogP contribution in [-0.2, 0) is 0 Å². The van der Waals surface area contributed by atoms with Gasteiger partial charge in [-0.15, -0.1) is 0 Å². The Kier molecular flexibility index (Phi) is 4.64. The third-order valence-corrected chi connectivity index (χ3v) is 6.54. The molecule has 0 nitrogen and oxygen atoms in total. The zero-order chi connectivity index (χ0) is 16.4. The molecule has 3 rings (SSSR count). The molecule has 116 valence electrons. The molecule has 1 heteroatoms. The Hall–Kier alpha value is -1.91. The highest BCUT2D eigenvalue weighted by Crippen LogP contribution is 2.36. The van der Waals surface area contributed by atoms with Crippen LogP contribution in [0, 0.1) is 20.8 Å². The van der Waals surface area contributed by atoms with Gasteiger partial charge in [-0.25, -0.2) is 0 Å². The maximum Gasteiger partial charge on any atom is -0.00984 e. The molecule has 0 spiro atoms. The van der Waals surface area contributed by atoms with Crippen LogP contribution < -0.4 is 10.6 Å². The van der Waals surface area contributed by atoms with E-state index in [0.29, 0.717) is 0 Å². The summed E-state index contributed by atoms with van der Waals surface area (Å²) < 4.78 is 0. The fourth-order valence-electron chi connectivity index (χ4n) is 3.37. The fraction of sp³-hybridized carbons (Fsp3) is 0.182. The minimum atomic E-state index is -0.348. The minimum absolute atomic E-state index is 0.348. The standard InChI is InChI=1S/C22H23P/c1-16-14-17(2)22(18(3)15-16)20-12-8-9-13-21(20)23(4)19-10-6-5-7-11-19/h5-15H,1-4H3. The molecule has 1 atom stereocenters. The lowest BCUT2D eigenvalue weighted by Gasteiger charge is -2.20. The van der Waals surface area contributed by atoms with Crippen molar-refractivity contribution in [3.8, 4) is 11.1 Å². The number of aryl methyl sites for hydroxylation is 3. The van der Waals surface area contributed by atoms with Crippen molar-refractivity contribution in [2.45, 2.75) is 20.8 Å². The topological polar surface area (TPSA) is 0 Å². The monoisotopic (exact) mass is 318 g/mol. The average molecular weight is 318 g/mol. The van der Waals surface area contributed by atoms with E-state index in [9.17, 15) is 0 Å². The Labute approximate surface area is 141 Å². The second-order valence-electron chi connectivity index (χ2n) is 6.19. The Morgan fingerprint density at radius 1 is 0.696 bits per heavy atom. The van der Waals surface area contributed by atoms with Crippen LogP contribution in [0.15, 0.2) is 66.7 Å². The highest BCUT2D eigenvalue weighted by Gasteiger charge is 2.16. The Morgan fingerprint density at radius 3 is 1.91 bits per heavy atom. The molecular formula is C22H23P. The van der Waals surface area contributed by atoms with Crippen molar-refractivity contribution in [1.82, 2.24) is 0 Å². The summed E-state index contributed by atoms with van der Waals surface area (Å²) in [6, 6.07) is 24.3. The maximum atomic E-state index is 2.36. The Balaban J connectivity index is 2.16. The number of hydrogen-bond acceptors (Lipinski definition) is 0. The molecule has 0 fully saturated rings. The molecule has 0 saturated heterocycles. The van der Waals surface area contributed by atoms with Gasteiger partial charge in [0.15, 0.2) is 0 Å². The van der Waals surface area contributed by atoms with E-state index in [4.69, 9.17) is 0 Å². The summed E-state index contributed by atoms with van der Waals surface area (Å²) >= 11 is 0. The van der Waals surface area contributed by atoms with Gasteiger partial charge in [0.1, 0.15) is 0 Å². The van der Waals surface area contributed by atoms with Crippen molar-refractivity contribution >= 4 is 18.5 Å². The van der Waals surface area contributed by atoms with Crippen LogP contribution in [0.1, 0.15) is 16.7 Å². The number of benzene rings is 3. The van der Waals surface area contributed by atoms with Crippen LogP contribution in [0.2, 0.25) is 0 Å². The van der Waals surface area contributed by atoms with Gasteiger partial charge in [0.05, 0.1) is 0 Å². The molecule has 0 aliphatic heterocycles. The summed E-state index contributed by atoms with van der Waals surface area (Å²) in [7, 11) is -0.348. The van der Waals surface area contributed by atoms with Crippen LogP contribution in [-0.4, -0.2) is 6.66 Å². The van der Waals surface area contributed by atoms with Crippen molar-refractivity contribution in [2.75, 3.05) is 6.66 Å². The van der Waals surface area contributed by atoms with Crippen molar-refractivity contribution in [2.24, 2.45) is 0 Å². The highest BCUT2D eigenvalue weighted by atomic mass is 31.1. The summed E-state index contributed by atoms with van der Waals surface area (Å²) in [5, 5.41) is 2.89. The second-order valence-corrected chi connectivity index (χ2v) is 8.30. The van der Waals surface area contributed by atoms with Gasteiger partial charge in [-0.1, -0.05) is 72.3 Å². The summed E-state index contributed by atoms with van der Waals surface area (Å²) in [4.78, 5) is 0. The molecule has 0 bridgehead atoms. The van der Waals surface area contributed by atoms with E-state index in [1.165, 1.54) is 38.4 Å². The SMILES string of the molecule is Cc1cc(C)c(-c2ccccc2P(C)c2ccccc2)c(C)c1.